The van der Waals surface area contributed by atoms with Gasteiger partial charge in [-0.3, -0.25) is 0 Å². The van der Waals surface area contributed by atoms with Crippen LogP contribution in [-0.2, 0) is 19.1 Å². The van der Waals surface area contributed by atoms with Crippen LogP contribution in [0.1, 0.15) is 33.1 Å². The fourth-order valence-corrected chi connectivity index (χ4v) is 2.92. The lowest BCUT2D eigenvalue weighted by Crippen LogP contribution is -2.21. The molecule has 0 aromatic carbocycles. The number of esters is 2. The van der Waals surface area contributed by atoms with Crippen molar-refractivity contribution < 1.29 is 19.1 Å². The molecule has 0 aliphatic heterocycles. The Labute approximate surface area is 101 Å². The van der Waals surface area contributed by atoms with Crippen molar-refractivity contribution in [3.05, 3.63) is 11.1 Å². The van der Waals surface area contributed by atoms with E-state index in [1.54, 1.807) is 13.8 Å². The van der Waals surface area contributed by atoms with Gasteiger partial charge in [0.1, 0.15) is 0 Å². The highest BCUT2D eigenvalue weighted by atomic mass is 16.5. The van der Waals surface area contributed by atoms with Gasteiger partial charge in [0.25, 0.3) is 0 Å². The van der Waals surface area contributed by atoms with Crippen molar-refractivity contribution in [1.29, 1.82) is 0 Å². The summed E-state index contributed by atoms with van der Waals surface area (Å²) in [6.07, 6.45) is 2.88. The van der Waals surface area contributed by atoms with Crippen molar-refractivity contribution in [3.63, 3.8) is 0 Å². The van der Waals surface area contributed by atoms with Gasteiger partial charge in [-0.25, -0.2) is 9.59 Å². The molecule has 17 heavy (non-hydrogen) atoms. The zero-order chi connectivity index (χ0) is 12.4. The van der Waals surface area contributed by atoms with Crippen molar-refractivity contribution in [1.82, 2.24) is 0 Å². The Hall–Kier alpha value is -1.32. The average Bonchev–Trinajstić information content (AvgIpc) is 2.89. The van der Waals surface area contributed by atoms with Crippen LogP contribution in [0, 0.1) is 11.8 Å². The zero-order valence-corrected chi connectivity index (χ0v) is 10.3. The van der Waals surface area contributed by atoms with E-state index in [-0.39, 0.29) is 23.8 Å². The van der Waals surface area contributed by atoms with Crippen LogP contribution in [0.15, 0.2) is 11.1 Å². The molecule has 94 valence electrons. The first kappa shape index (κ1) is 12.1. The predicted molar refractivity (Wildman–Crippen MR) is 61.1 cm³/mol. The summed E-state index contributed by atoms with van der Waals surface area (Å²) < 4.78 is 10.1. The van der Waals surface area contributed by atoms with Crippen molar-refractivity contribution in [2.24, 2.45) is 11.8 Å². The Morgan fingerprint density at radius 1 is 1.00 bits per heavy atom. The van der Waals surface area contributed by atoms with E-state index in [2.05, 4.69) is 0 Å². The maximum absolute atomic E-state index is 11.9. The number of fused-ring (bicyclic) bond motifs is 2. The van der Waals surface area contributed by atoms with Gasteiger partial charge >= 0.3 is 11.9 Å². The number of carbonyl (C=O) groups excluding carboxylic acids is 2. The predicted octanol–water partition coefficient (Wildman–Crippen LogP) is 1.84. The fraction of sp³-hybridized carbons (Fsp3) is 0.692. The summed E-state index contributed by atoms with van der Waals surface area (Å²) in [6, 6.07) is 0. The Balaban J connectivity index is 2.27. The average molecular weight is 238 g/mol. The van der Waals surface area contributed by atoms with E-state index in [4.69, 9.17) is 9.47 Å². The standard InChI is InChI=1S/C13H18O4/c1-3-16-12(14)10-8-5-6-9(7-8)11(10)13(15)17-4-2/h8-9H,3-7H2,1-2H3/t8-,9+. The quantitative estimate of drug-likeness (QED) is 0.701. The van der Waals surface area contributed by atoms with Crippen LogP contribution >= 0.6 is 0 Å². The Bertz CT molecular complexity index is 336. The minimum absolute atomic E-state index is 0.207. The Morgan fingerprint density at radius 2 is 1.41 bits per heavy atom. The highest BCUT2D eigenvalue weighted by molar-refractivity contribution is 6.02. The third-order valence-corrected chi connectivity index (χ3v) is 3.53. The molecule has 2 bridgehead atoms. The van der Waals surface area contributed by atoms with Crippen molar-refractivity contribution in [2.75, 3.05) is 13.2 Å². The number of hydrogen-bond acceptors (Lipinski definition) is 4. The normalized spacial score (nSPS) is 26.2. The molecule has 2 aliphatic rings. The van der Waals surface area contributed by atoms with Gasteiger partial charge in [0, 0.05) is 0 Å². The summed E-state index contributed by atoms with van der Waals surface area (Å²) in [5.41, 5.74) is 1.17. The molecule has 4 nitrogen and oxygen atoms in total. The van der Waals surface area contributed by atoms with Crippen LogP contribution in [0.2, 0.25) is 0 Å². The van der Waals surface area contributed by atoms with Crippen LogP contribution in [0.3, 0.4) is 0 Å². The lowest BCUT2D eigenvalue weighted by atomic mass is 9.92. The fourth-order valence-electron chi connectivity index (χ4n) is 2.92. The van der Waals surface area contributed by atoms with Gasteiger partial charge in [0.05, 0.1) is 24.4 Å². The van der Waals surface area contributed by atoms with Crippen molar-refractivity contribution >= 4 is 11.9 Å². The molecule has 0 spiro atoms. The minimum Gasteiger partial charge on any atom is -0.463 e. The van der Waals surface area contributed by atoms with E-state index in [0.717, 1.165) is 19.3 Å². The van der Waals surface area contributed by atoms with E-state index < -0.39 is 0 Å². The molecule has 1 fully saturated rings. The molecule has 0 radical (unpaired) electrons. The van der Waals surface area contributed by atoms with Crippen LogP contribution in [-0.4, -0.2) is 25.2 Å². The molecule has 2 rings (SSSR count). The molecule has 0 aromatic heterocycles. The summed E-state index contributed by atoms with van der Waals surface area (Å²) in [7, 11) is 0. The molecule has 0 heterocycles. The summed E-state index contributed by atoms with van der Waals surface area (Å²) in [5, 5.41) is 0. The van der Waals surface area contributed by atoms with Crippen LogP contribution < -0.4 is 0 Å². The van der Waals surface area contributed by atoms with E-state index in [1.165, 1.54) is 0 Å². The first-order chi connectivity index (χ1) is 8.19. The molecule has 0 amide bonds. The minimum atomic E-state index is -0.331. The molecule has 0 unspecified atom stereocenters. The topological polar surface area (TPSA) is 52.6 Å². The summed E-state index contributed by atoms with van der Waals surface area (Å²) in [5.74, 6) is -0.248. The third kappa shape index (κ3) is 2.08. The van der Waals surface area contributed by atoms with Crippen LogP contribution in [0.4, 0.5) is 0 Å². The van der Waals surface area contributed by atoms with Crippen LogP contribution in [0.5, 0.6) is 0 Å². The number of ether oxygens (including phenoxy) is 2. The molecule has 2 aliphatic carbocycles. The van der Waals surface area contributed by atoms with E-state index >= 15 is 0 Å². The van der Waals surface area contributed by atoms with Gasteiger partial charge in [0.2, 0.25) is 0 Å². The SMILES string of the molecule is CCOC(=O)C1=C(C(=O)OCC)[C@H]2CC[C@@H]1C2. The second-order valence-electron chi connectivity index (χ2n) is 4.48. The van der Waals surface area contributed by atoms with Crippen LogP contribution in [0.25, 0.3) is 0 Å². The van der Waals surface area contributed by atoms with Crippen molar-refractivity contribution in [3.8, 4) is 0 Å². The summed E-state index contributed by atoms with van der Waals surface area (Å²) in [4.78, 5) is 23.7. The maximum atomic E-state index is 11.9. The van der Waals surface area contributed by atoms with Gasteiger partial charge in [-0.2, -0.15) is 0 Å². The smallest absolute Gasteiger partial charge is 0.334 e. The molecule has 1 saturated carbocycles. The van der Waals surface area contributed by atoms with Gasteiger partial charge in [0.15, 0.2) is 0 Å². The zero-order valence-electron chi connectivity index (χ0n) is 10.3. The Kier molecular flexibility index (Phi) is 3.50. The largest absolute Gasteiger partial charge is 0.463 e. The summed E-state index contributed by atoms with van der Waals surface area (Å²) in [6.45, 7) is 4.23. The third-order valence-electron chi connectivity index (χ3n) is 3.53. The first-order valence-corrected chi connectivity index (χ1v) is 6.27. The first-order valence-electron chi connectivity index (χ1n) is 6.27. The molecule has 2 atom stereocenters. The lowest BCUT2D eigenvalue weighted by molar-refractivity contribution is -0.142. The second kappa shape index (κ2) is 4.90. The molecular formula is C13H18O4. The van der Waals surface area contributed by atoms with E-state index in [1.807, 2.05) is 0 Å². The molecular weight excluding hydrogens is 220 g/mol. The number of hydrogen-bond donors (Lipinski definition) is 0. The molecule has 0 N–H and O–H groups in total. The highest BCUT2D eigenvalue weighted by Gasteiger charge is 2.45. The Morgan fingerprint density at radius 3 is 1.76 bits per heavy atom. The molecule has 0 saturated heterocycles. The monoisotopic (exact) mass is 238 g/mol. The maximum Gasteiger partial charge on any atom is 0.334 e. The number of rotatable bonds is 4. The highest BCUT2D eigenvalue weighted by Crippen LogP contribution is 2.49. The molecule has 0 aromatic rings. The lowest BCUT2D eigenvalue weighted by Gasteiger charge is -2.17. The summed E-state index contributed by atoms with van der Waals surface area (Å²) >= 11 is 0. The van der Waals surface area contributed by atoms with E-state index in [0.29, 0.717) is 24.4 Å². The van der Waals surface area contributed by atoms with Gasteiger partial charge < -0.3 is 9.47 Å². The van der Waals surface area contributed by atoms with Gasteiger partial charge in [-0.05, 0) is 44.9 Å². The number of carbonyl (C=O) groups is 2. The molecule has 4 heteroatoms. The van der Waals surface area contributed by atoms with Gasteiger partial charge in [-0.1, -0.05) is 0 Å². The second-order valence-corrected chi connectivity index (χ2v) is 4.48. The van der Waals surface area contributed by atoms with Crippen molar-refractivity contribution in [2.45, 2.75) is 33.1 Å². The van der Waals surface area contributed by atoms with E-state index in [9.17, 15) is 9.59 Å². The van der Waals surface area contributed by atoms with Gasteiger partial charge in [-0.15, -0.1) is 0 Å².